The molecule has 2 nitrogen and oxygen atoms in total. The largest absolute Gasteiger partial charge is 0.386 e. The number of hydrogen-bond acceptors (Lipinski definition) is 3. The van der Waals surface area contributed by atoms with E-state index in [0.29, 0.717) is 16.6 Å². The van der Waals surface area contributed by atoms with Gasteiger partial charge in [-0.2, -0.15) is 12.6 Å². The van der Waals surface area contributed by atoms with Crippen molar-refractivity contribution in [3.8, 4) is 0 Å². The van der Waals surface area contributed by atoms with E-state index in [1.54, 1.807) is 0 Å². The molecule has 19 heavy (non-hydrogen) atoms. The van der Waals surface area contributed by atoms with Crippen LogP contribution >= 0.6 is 12.6 Å². The molecule has 0 aromatic carbocycles. The van der Waals surface area contributed by atoms with Crippen molar-refractivity contribution in [3.63, 3.8) is 0 Å². The Morgan fingerprint density at radius 1 is 1.26 bits per heavy atom. The van der Waals surface area contributed by atoms with Gasteiger partial charge < -0.3 is 10.2 Å². The van der Waals surface area contributed by atoms with Crippen LogP contribution < -0.4 is 5.32 Å². The van der Waals surface area contributed by atoms with Crippen molar-refractivity contribution in [1.29, 1.82) is 0 Å². The smallest absolute Gasteiger partial charge is 0.0513 e. The second-order valence-electron chi connectivity index (χ2n) is 7.00. The molecular formula is C16H32N2S. The van der Waals surface area contributed by atoms with E-state index in [1.807, 2.05) is 0 Å². The van der Waals surface area contributed by atoms with E-state index in [-0.39, 0.29) is 0 Å². The van der Waals surface area contributed by atoms with E-state index in [2.05, 4.69) is 64.5 Å². The average Bonchev–Trinajstić information content (AvgIpc) is 2.32. The van der Waals surface area contributed by atoms with Crippen LogP contribution in [-0.4, -0.2) is 30.3 Å². The summed E-state index contributed by atoms with van der Waals surface area (Å²) in [6.07, 6.45) is 3.90. The number of rotatable bonds is 7. The second kappa shape index (κ2) is 6.92. The summed E-state index contributed by atoms with van der Waals surface area (Å²) in [6.45, 7) is 13.5. The quantitative estimate of drug-likeness (QED) is 0.544. The molecule has 0 aromatic heterocycles. The second-order valence-corrected chi connectivity index (χ2v) is 7.56. The lowest BCUT2D eigenvalue weighted by Gasteiger charge is -2.42. The Labute approximate surface area is 125 Å². The zero-order valence-corrected chi connectivity index (χ0v) is 14.5. The van der Waals surface area contributed by atoms with Crippen molar-refractivity contribution in [2.75, 3.05) is 20.1 Å². The van der Waals surface area contributed by atoms with E-state index in [9.17, 15) is 0 Å². The van der Waals surface area contributed by atoms with Crippen LogP contribution in [0.2, 0.25) is 0 Å². The fourth-order valence-corrected chi connectivity index (χ4v) is 3.13. The lowest BCUT2D eigenvalue weighted by Crippen LogP contribution is -2.44. The minimum Gasteiger partial charge on any atom is -0.386 e. The maximum absolute atomic E-state index is 4.66. The van der Waals surface area contributed by atoms with E-state index in [1.165, 1.54) is 30.7 Å². The topological polar surface area (TPSA) is 15.3 Å². The highest BCUT2D eigenvalue weighted by Crippen LogP contribution is 2.38. The third-order valence-electron chi connectivity index (χ3n) is 3.93. The lowest BCUT2D eigenvalue weighted by atomic mass is 9.86. The van der Waals surface area contributed by atoms with Gasteiger partial charge in [-0.15, -0.1) is 0 Å². The third-order valence-corrected chi connectivity index (χ3v) is 4.63. The molecule has 0 amide bonds. The van der Waals surface area contributed by atoms with Crippen molar-refractivity contribution in [3.05, 3.63) is 11.4 Å². The van der Waals surface area contributed by atoms with Crippen molar-refractivity contribution in [2.45, 2.75) is 59.1 Å². The molecule has 2 unspecified atom stereocenters. The molecule has 1 aliphatic carbocycles. The van der Waals surface area contributed by atoms with Crippen LogP contribution in [0.3, 0.4) is 0 Å². The fourth-order valence-electron chi connectivity index (χ4n) is 2.76. The molecule has 1 aliphatic rings. The van der Waals surface area contributed by atoms with Gasteiger partial charge in [0.05, 0.1) is 5.25 Å². The predicted octanol–water partition coefficient (Wildman–Crippen LogP) is 3.90. The first-order valence-electron chi connectivity index (χ1n) is 7.65. The van der Waals surface area contributed by atoms with Crippen LogP contribution in [0.1, 0.15) is 53.9 Å². The number of nitrogens with one attached hydrogen (secondary N) is 1. The summed E-state index contributed by atoms with van der Waals surface area (Å²) < 4.78 is 0. The molecule has 0 spiro atoms. The highest BCUT2D eigenvalue weighted by atomic mass is 32.1. The van der Waals surface area contributed by atoms with Crippen LogP contribution in [0.4, 0.5) is 0 Å². The van der Waals surface area contributed by atoms with Crippen LogP contribution in [0.5, 0.6) is 0 Å². The Balaban J connectivity index is 2.42. The summed E-state index contributed by atoms with van der Waals surface area (Å²) >= 11 is 4.66. The van der Waals surface area contributed by atoms with Gasteiger partial charge in [0.25, 0.3) is 0 Å². The van der Waals surface area contributed by atoms with Gasteiger partial charge in [0, 0.05) is 37.4 Å². The van der Waals surface area contributed by atoms with Crippen LogP contribution in [0.15, 0.2) is 11.4 Å². The molecule has 112 valence electrons. The zero-order valence-electron chi connectivity index (χ0n) is 13.6. The SMILES string of the molecule is CCNC1=C(N(C)CCCCC(C)(C)C)C(C)C1S. The highest BCUT2D eigenvalue weighted by Gasteiger charge is 2.36. The summed E-state index contributed by atoms with van der Waals surface area (Å²) in [5.41, 5.74) is 3.28. The van der Waals surface area contributed by atoms with Gasteiger partial charge >= 0.3 is 0 Å². The zero-order chi connectivity index (χ0) is 14.6. The maximum atomic E-state index is 4.66. The number of nitrogens with zero attached hydrogens (tertiary/aromatic N) is 1. The van der Waals surface area contributed by atoms with Gasteiger partial charge in [-0.3, -0.25) is 0 Å². The molecular weight excluding hydrogens is 252 g/mol. The number of allylic oxidation sites excluding steroid dienone is 1. The minimum absolute atomic E-state index is 0.395. The maximum Gasteiger partial charge on any atom is 0.0513 e. The van der Waals surface area contributed by atoms with Crippen molar-refractivity contribution < 1.29 is 0 Å². The normalized spacial score (nSPS) is 23.3. The van der Waals surface area contributed by atoms with Crippen LogP contribution in [0, 0.1) is 11.3 Å². The Bertz CT molecular complexity index is 317. The van der Waals surface area contributed by atoms with E-state index in [4.69, 9.17) is 0 Å². The van der Waals surface area contributed by atoms with Crippen LogP contribution in [0.25, 0.3) is 0 Å². The van der Waals surface area contributed by atoms with Gasteiger partial charge in [-0.05, 0) is 25.2 Å². The van der Waals surface area contributed by atoms with E-state index >= 15 is 0 Å². The first-order valence-corrected chi connectivity index (χ1v) is 8.16. The minimum atomic E-state index is 0.395. The van der Waals surface area contributed by atoms with Crippen molar-refractivity contribution >= 4 is 12.6 Å². The van der Waals surface area contributed by atoms with Crippen molar-refractivity contribution in [1.82, 2.24) is 10.2 Å². The Morgan fingerprint density at radius 2 is 1.89 bits per heavy atom. The molecule has 0 heterocycles. The van der Waals surface area contributed by atoms with Crippen LogP contribution in [-0.2, 0) is 0 Å². The van der Waals surface area contributed by atoms with E-state index < -0.39 is 0 Å². The summed E-state index contributed by atoms with van der Waals surface area (Å²) in [5, 5.41) is 3.86. The molecule has 1 rings (SSSR count). The molecule has 0 bridgehead atoms. The monoisotopic (exact) mass is 284 g/mol. The molecule has 3 heteroatoms. The predicted molar refractivity (Wildman–Crippen MR) is 88.6 cm³/mol. The molecule has 0 fully saturated rings. The summed E-state index contributed by atoms with van der Waals surface area (Å²) in [5.74, 6) is 0.574. The molecule has 0 aromatic rings. The Morgan fingerprint density at radius 3 is 2.42 bits per heavy atom. The first-order chi connectivity index (χ1) is 8.78. The standard InChI is InChI=1S/C16H32N2S/c1-7-17-13-14(12(2)15(13)19)18(6)11-9-8-10-16(3,4)5/h12,15,17,19H,7-11H2,1-6H3. The number of hydrogen-bond donors (Lipinski definition) is 2. The van der Waals surface area contributed by atoms with Gasteiger partial charge in [-0.1, -0.05) is 34.1 Å². The molecule has 1 N–H and O–H groups in total. The molecule has 0 saturated heterocycles. The summed E-state index contributed by atoms with van der Waals surface area (Å²) in [6, 6.07) is 0. The Hall–Kier alpha value is -0.310. The first kappa shape index (κ1) is 16.7. The van der Waals surface area contributed by atoms with Gasteiger partial charge in [0.15, 0.2) is 0 Å². The van der Waals surface area contributed by atoms with E-state index in [0.717, 1.165) is 13.1 Å². The lowest BCUT2D eigenvalue weighted by molar-refractivity contribution is 0.297. The fraction of sp³-hybridized carbons (Fsp3) is 0.875. The molecule has 0 saturated carbocycles. The molecule has 0 aliphatic heterocycles. The van der Waals surface area contributed by atoms with Gasteiger partial charge in [0.2, 0.25) is 0 Å². The highest BCUT2D eigenvalue weighted by molar-refractivity contribution is 7.81. The van der Waals surface area contributed by atoms with Gasteiger partial charge in [0.1, 0.15) is 0 Å². The summed E-state index contributed by atoms with van der Waals surface area (Å²) in [7, 11) is 2.22. The van der Waals surface area contributed by atoms with Gasteiger partial charge in [-0.25, -0.2) is 0 Å². The average molecular weight is 285 g/mol. The third kappa shape index (κ3) is 4.62. The molecule has 2 atom stereocenters. The molecule has 0 radical (unpaired) electrons. The summed E-state index contributed by atoms with van der Waals surface area (Å²) in [4.78, 5) is 2.43. The number of unbranched alkanes of at least 4 members (excludes halogenated alkanes) is 1. The number of thiol groups is 1. The Kier molecular flexibility index (Phi) is 6.10. The van der Waals surface area contributed by atoms with Crippen molar-refractivity contribution in [2.24, 2.45) is 11.3 Å².